The van der Waals surface area contributed by atoms with Gasteiger partial charge in [-0.25, -0.2) is 4.39 Å². The maximum absolute atomic E-state index is 14.6. The molecule has 32 heavy (non-hydrogen) atoms. The number of amides is 2. The van der Waals surface area contributed by atoms with E-state index in [-0.39, 0.29) is 16.1 Å². The normalized spacial score (nSPS) is 15.5. The lowest BCUT2D eigenvalue weighted by atomic mass is 9.97. The summed E-state index contributed by atoms with van der Waals surface area (Å²) in [5.41, 5.74) is 7.44. The Morgan fingerprint density at radius 2 is 2.03 bits per heavy atom. The average molecular weight is 449 g/mol. The van der Waals surface area contributed by atoms with Crippen LogP contribution >= 0.6 is 11.6 Å². The second-order valence-electron chi connectivity index (χ2n) is 7.47. The van der Waals surface area contributed by atoms with Gasteiger partial charge in [-0.05, 0) is 54.3 Å². The molecule has 0 unspecified atom stereocenters. The molecule has 1 heterocycles. The van der Waals surface area contributed by atoms with Crippen LogP contribution in [0.25, 0.3) is 0 Å². The van der Waals surface area contributed by atoms with Gasteiger partial charge in [-0.3, -0.25) is 14.6 Å². The van der Waals surface area contributed by atoms with E-state index < -0.39 is 29.7 Å². The Labute approximate surface area is 189 Å². The number of halogens is 2. The predicted molar refractivity (Wildman–Crippen MR) is 116 cm³/mol. The van der Waals surface area contributed by atoms with Crippen LogP contribution in [0.1, 0.15) is 51.1 Å². The van der Waals surface area contributed by atoms with E-state index >= 15 is 0 Å². The molecule has 4 rings (SSSR count). The molecule has 2 atom stereocenters. The quantitative estimate of drug-likeness (QED) is 0.634. The maximum atomic E-state index is 14.6. The van der Waals surface area contributed by atoms with Gasteiger partial charge in [0.2, 0.25) is 5.91 Å². The molecular formula is C24H18ClFN4O2. The zero-order valence-electron chi connectivity index (χ0n) is 16.8. The van der Waals surface area contributed by atoms with Crippen molar-refractivity contribution in [3.63, 3.8) is 0 Å². The van der Waals surface area contributed by atoms with E-state index in [1.807, 2.05) is 6.07 Å². The molecule has 0 bridgehead atoms. The summed E-state index contributed by atoms with van der Waals surface area (Å²) in [6, 6.07) is 12.6. The van der Waals surface area contributed by atoms with Gasteiger partial charge in [0, 0.05) is 23.0 Å². The number of aromatic nitrogens is 1. The van der Waals surface area contributed by atoms with E-state index in [2.05, 4.69) is 4.98 Å². The van der Waals surface area contributed by atoms with E-state index in [0.29, 0.717) is 29.5 Å². The zero-order chi connectivity index (χ0) is 22.8. The maximum Gasteiger partial charge on any atom is 0.256 e. The molecule has 3 aromatic rings. The van der Waals surface area contributed by atoms with Crippen LogP contribution in [0, 0.1) is 17.1 Å². The smallest absolute Gasteiger partial charge is 0.256 e. The van der Waals surface area contributed by atoms with Crippen LogP contribution in [0.5, 0.6) is 0 Å². The highest BCUT2D eigenvalue weighted by molar-refractivity contribution is 6.30. The minimum Gasteiger partial charge on any atom is -0.368 e. The van der Waals surface area contributed by atoms with Crippen molar-refractivity contribution >= 4 is 23.4 Å². The van der Waals surface area contributed by atoms with Gasteiger partial charge in [-0.15, -0.1) is 0 Å². The van der Waals surface area contributed by atoms with Gasteiger partial charge in [-0.1, -0.05) is 29.8 Å². The summed E-state index contributed by atoms with van der Waals surface area (Å²) in [5.74, 6) is -1.79. The van der Waals surface area contributed by atoms with Gasteiger partial charge in [0.1, 0.15) is 11.9 Å². The third-order valence-electron chi connectivity index (χ3n) is 5.62. The second kappa shape index (κ2) is 8.77. The Morgan fingerprint density at radius 1 is 1.25 bits per heavy atom. The van der Waals surface area contributed by atoms with E-state index in [0.717, 1.165) is 0 Å². The highest BCUT2D eigenvalue weighted by Crippen LogP contribution is 2.43. The molecule has 1 aliphatic rings. The molecule has 0 saturated carbocycles. The van der Waals surface area contributed by atoms with Crippen LogP contribution in [0.4, 0.5) is 4.39 Å². The number of hydrogen-bond donors (Lipinski definition) is 1. The minimum atomic E-state index is -1.18. The number of carbonyl (C=O) groups excluding carboxylic acids is 2. The molecule has 0 fully saturated rings. The van der Waals surface area contributed by atoms with Crippen LogP contribution in [-0.4, -0.2) is 21.7 Å². The molecular weight excluding hydrogens is 431 g/mol. The number of benzene rings is 2. The Balaban J connectivity index is 1.92. The molecule has 1 aliphatic carbocycles. The summed E-state index contributed by atoms with van der Waals surface area (Å²) in [6.45, 7) is 0. The fourth-order valence-corrected chi connectivity index (χ4v) is 4.47. The van der Waals surface area contributed by atoms with Crippen LogP contribution in [0.15, 0.2) is 60.9 Å². The molecule has 0 aliphatic heterocycles. The van der Waals surface area contributed by atoms with Crippen molar-refractivity contribution in [3.8, 4) is 6.07 Å². The van der Waals surface area contributed by atoms with Gasteiger partial charge >= 0.3 is 0 Å². The third-order valence-corrected chi connectivity index (χ3v) is 5.84. The van der Waals surface area contributed by atoms with Gasteiger partial charge in [0.25, 0.3) is 5.91 Å². The van der Waals surface area contributed by atoms with Crippen molar-refractivity contribution in [1.82, 2.24) is 9.88 Å². The predicted octanol–water partition coefficient (Wildman–Crippen LogP) is 4.10. The van der Waals surface area contributed by atoms with Crippen molar-refractivity contribution < 1.29 is 14.0 Å². The van der Waals surface area contributed by atoms with Crippen molar-refractivity contribution in [1.29, 1.82) is 5.26 Å². The molecule has 0 radical (unpaired) electrons. The van der Waals surface area contributed by atoms with E-state index in [9.17, 15) is 19.2 Å². The monoisotopic (exact) mass is 448 g/mol. The number of rotatable bonds is 5. The fraction of sp³-hybridized carbons (Fsp3) is 0.167. The van der Waals surface area contributed by atoms with E-state index in [4.69, 9.17) is 17.3 Å². The highest BCUT2D eigenvalue weighted by atomic mass is 35.5. The first-order valence-corrected chi connectivity index (χ1v) is 10.3. The van der Waals surface area contributed by atoms with Gasteiger partial charge < -0.3 is 10.6 Å². The number of nitriles is 1. The summed E-state index contributed by atoms with van der Waals surface area (Å²) < 4.78 is 14.6. The number of carbonyl (C=O) groups is 2. The Bertz CT molecular complexity index is 1240. The van der Waals surface area contributed by atoms with E-state index in [1.54, 1.807) is 36.5 Å². The van der Waals surface area contributed by atoms with Gasteiger partial charge in [0.05, 0.1) is 23.2 Å². The standard InChI is InChI=1S/C24H18ClFN4O2/c25-16-10-19-18(20(26)11-16)7-8-21(19)30(22(23(28)31)15-5-3-9-29-13-15)24(32)17-6-2-1-4-14(17)12-27/h1-6,9-11,13,21-22H,7-8H2,(H2,28,31)/t21-,22-/m1/s1. The molecule has 0 spiro atoms. The van der Waals surface area contributed by atoms with Gasteiger partial charge in [-0.2, -0.15) is 5.26 Å². The van der Waals surface area contributed by atoms with Crippen LogP contribution < -0.4 is 5.73 Å². The molecule has 8 heteroatoms. The zero-order valence-corrected chi connectivity index (χ0v) is 17.6. The van der Waals surface area contributed by atoms with Crippen LogP contribution in [-0.2, 0) is 11.2 Å². The first-order chi connectivity index (χ1) is 15.4. The molecule has 2 N–H and O–H groups in total. The van der Waals surface area contributed by atoms with Crippen molar-refractivity contribution in [3.05, 3.63) is 99.6 Å². The number of nitrogens with zero attached hydrogens (tertiary/aromatic N) is 3. The topological polar surface area (TPSA) is 100 Å². The first kappa shape index (κ1) is 21.5. The molecule has 160 valence electrons. The minimum absolute atomic E-state index is 0.126. The van der Waals surface area contributed by atoms with Gasteiger partial charge in [0.15, 0.2) is 0 Å². The summed E-state index contributed by atoms with van der Waals surface area (Å²) in [7, 11) is 0. The Morgan fingerprint density at radius 3 is 2.72 bits per heavy atom. The highest BCUT2D eigenvalue weighted by Gasteiger charge is 2.41. The number of primary amides is 1. The second-order valence-corrected chi connectivity index (χ2v) is 7.91. The van der Waals surface area contributed by atoms with E-state index in [1.165, 1.54) is 29.3 Å². The van der Waals surface area contributed by atoms with Crippen molar-refractivity contribution in [2.75, 3.05) is 0 Å². The lowest BCUT2D eigenvalue weighted by molar-refractivity contribution is -0.123. The van der Waals surface area contributed by atoms with Crippen LogP contribution in [0.3, 0.4) is 0 Å². The average Bonchev–Trinajstić information content (AvgIpc) is 3.20. The summed E-state index contributed by atoms with van der Waals surface area (Å²) in [4.78, 5) is 31.9. The summed E-state index contributed by atoms with van der Waals surface area (Å²) in [5, 5.41) is 9.71. The lowest BCUT2D eigenvalue weighted by Crippen LogP contribution is -2.43. The third kappa shape index (κ3) is 3.81. The molecule has 0 saturated heterocycles. The lowest BCUT2D eigenvalue weighted by Gasteiger charge is -2.36. The number of pyridine rings is 1. The Hall–Kier alpha value is -3.76. The summed E-state index contributed by atoms with van der Waals surface area (Å²) in [6.07, 6.45) is 3.74. The van der Waals surface area contributed by atoms with Crippen molar-refractivity contribution in [2.24, 2.45) is 5.73 Å². The van der Waals surface area contributed by atoms with Crippen molar-refractivity contribution in [2.45, 2.75) is 24.9 Å². The largest absolute Gasteiger partial charge is 0.368 e. The number of hydrogen-bond acceptors (Lipinski definition) is 4. The molecule has 6 nitrogen and oxygen atoms in total. The molecule has 2 aromatic carbocycles. The fourth-order valence-electron chi connectivity index (χ4n) is 4.25. The SMILES string of the molecule is N#Cc1ccccc1C(=O)N([C@@H]1CCc2c(F)cc(Cl)cc21)[C@@H](C(N)=O)c1cccnc1. The summed E-state index contributed by atoms with van der Waals surface area (Å²) >= 11 is 6.11. The van der Waals surface area contributed by atoms with Crippen LogP contribution in [0.2, 0.25) is 5.02 Å². The Kier molecular flexibility index (Phi) is 5.89. The molecule has 1 aromatic heterocycles. The number of fused-ring (bicyclic) bond motifs is 1. The molecule has 2 amide bonds. The number of nitrogens with two attached hydrogens (primary N) is 1. The first-order valence-electron chi connectivity index (χ1n) is 9.91.